The van der Waals surface area contributed by atoms with Crippen molar-refractivity contribution in [3.8, 4) is 5.75 Å². The molecule has 2 aromatic heterocycles. The van der Waals surface area contributed by atoms with Crippen LogP contribution in [0.2, 0.25) is 0 Å². The van der Waals surface area contributed by atoms with Crippen LogP contribution in [0.5, 0.6) is 5.75 Å². The molecule has 1 N–H and O–H groups in total. The normalized spacial score (nSPS) is 15.2. The van der Waals surface area contributed by atoms with E-state index < -0.39 is 17.1 Å². The summed E-state index contributed by atoms with van der Waals surface area (Å²) in [6.45, 7) is 3.37. The predicted octanol–water partition coefficient (Wildman–Crippen LogP) is 1.89. The Morgan fingerprint density at radius 2 is 1.87 bits per heavy atom. The molecule has 3 aromatic rings. The molecule has 1 saturated heterocycles. The average molecular weight is 424 g/mol. The van der Waals surface area contributed by atoms with E-state index in [4.69, 9.17) is 9.15 Å². The van der Waals surface area contributed by atoms with Crippen molar-refractivity contribution in [2.45, 2.75) is 19.3 Å². The fourth-order valence-electron chi connectivity index (χ4n) is 4.02. The highest BCUT2D eigenvalue weighted by atomic mass is 16.5. The van der Waals surface area contributed by atoms with Crippen molar-refractivity contribution in [2.75, 3.05) is 26.3 Å². The number of amides is 1. The van der Waals surface area contributed by atoms with Crippen molar-refractivity contribution in [2.24, 2.45) is 7.05 Å². The largest absolute Gasteiger partial charge is 0.502 e. The lowest BCUT2D eigenvalue weighted by Gasteiger charge is -2.28. The van der Waals surface area contributed by atoms with Gasteiger partial charge in [-0.1, -0.05) is 18.2 Å². The Labute approximate surface area is 178 Å². The van der Waals surface area contributed by atoms with Crippen LogP contribution in [0.15, 0.2) is 50.4 Å². The maximum Gasteiger partial charge on any atom is 0.254 e. The molecule has 0 radical (unpaired) electrons. The number of aromatic nitrogens is 1. The molecule has 0 aliphatic carbocycles. The first-order valence-corrected chi connectivity index (χ1v) is 10.1. The number of pyridine rings is 1. The molecule has 1 atom stereocenters. The van der Waals surface area contributed by atoms with E-state index in [1.165, 1.54) is 10.6 Å². The van der Waals surface area contributed by atoms with Gasteiger partial charge >= 0.3 is 0 Å². The summed E-state index contributed by atoms with van der Waals surface area (Å²) >= 11 is 0. The Hall–Kier alpha value is -3.39. The van der Waals surface area contributed by atoms with E-state index in [9.17, 15) is 19.5 Å². The van der Waals surface area contributed by atoms with Crippen LogP contribution in [-0.2, 0) is 16.6 Å². The van der Waals surface area contributed by atoms with Crippen molar-refractivity contribution in [3.05, 3.63) is 74.1 Å². The Morgan fingerprint density at radius 1 is 1.16 bits per heavy atom. The zero-order chi connectivity index (χ0) is 22.1. The summed E-state index contributed by atoms with van der Waals surface area (Å²) in [6, 6.07) is 10.3. The number of nitrogens with zero attached hydrogens (tertiary/aromatic N) is 2. The molecular formula is C23H24N2O6. The number of carbonyl (C=O) groups excluding carboxylic acids is 1. The monoisotopic (exact) mass is 424 g/mol. The summed E-state index contributed by atoms with van der Waals surface area (Å²) in [5.74, 6) is -1.47. The van der Waals surface area contributed by atoms with Crippen molar-refractivity contribution < 1.29 is 19.1 Å². The van der Waals surface area contributed by atoms with Crippen LogP contribution in [0.1, 0.15) is 29.4 Å². The van der Waals surface area contributed by atoms with E-state index in [0.29, 0.717) is 32.1 Å². The third-order valence-corrected chi connectivity index (χ3v) is 5.67. The van der Waals surface area contributed by atoms with Crippen molar-refractivity contribution in [1.29, 1.82) is 0 Å². The molecule has 1 amide bonds. The molecule has 1 aliphatic heterocycles. The second kappa shape index (κ2) is 8.39. The lowest BCUT2D eigenvalue weighted by Crippen LogP contribution is -2.41. The van der Waals surface area contributed by atoms with E-state index in [1.54, 1.807) is 24.9 Å². The molecule has 0 saturated carbocycles. The summed E-state index contributed by atoms with van der Waals surface area (Å²) < 4.78 is 12.5. The minimum absolute atomic E-state index is 0.0704. The Morgan fingerprint density at radius 3 is 2.61 bits per heavy atom. The molecule has 4 rings (SSSR count). The lowest BCUT2D eigenvalue weighted by molar-refractivity contribution is -0.135. The maximum absolute atomic E-state index is 13.3. The first kappa shape index (κ1) is 20.9. The van der Waals surface area contributed by atoms with E-state index in [1.807, 2.05) is 24.3 Å². The first-order valence-electron chi connectivity index (χ1n) is 10.1. The van der Waals surface area contributed by atoms with Gasteiger partial charge in [-0.05, 0) is 24.4 Å². The van der Waals surface area contributed by atoms with Gasteiger partial charge in [0.2, 0.25) is 17.1 Å². The molecular weight excluding hydrogens is 400 g/mol. The minimum atomic E-state index is -0.911. The smallest absolute Gasteiger partial charge is 0.254 e. The molecule has 8 nitrogen and oxygen atoms in total. The molecule has 1 aromatic carbocycles. The molecule has 1 aliphatic rings. The van der Waals surface area contributed by atoms with Gasteiger partial charge in [0.05, 0.1) is 24.6 Å². The molecule has 1 fully saturated rings. The summed E-state index contributed by atoms with van der Waals surface area (Å²) in [5, 5.41) is 11.3. The van der Waals surface area contributed by atoms with Gasteiger partial charge in [-0.25, -0.2) is 0 Å². The zero-order valence-corrected chi connectivity index (χ0v) is 17.5. The van der Waals surface area contributed by atoms with Gasteiger partial charge in [0.25, 0.3) is 5.56 Å². The van der Waals surface area contributed by atoms with Gasteiger partial charge in [0.1, 0.15) is 5.76 Å². The Bertz CT molecular complexity index is 1250. The van der Waals surface area contributed by atoms with Crippen molar-refractivity contribution >= 4 is 16.8 Å². The van der Waals surface area contributed by atoms with Crippen molar-refractivity contribution in [1.82, 2.24) is 9.47 Å². The lowest BCUT2D eigenvalue weighted by atomic mass is 9.91. The third kappa shape index (κ3) is 3.98. The highest BCUT2D eigenvalue weighted by Crippen LogP contribution is 2.33. The number of morpholine rings is 1. The number of hydrogen-bond acceptors (Lipinski definition) is 6. The highest BCUT2D eigenvalue weighted by molar-refractivity contribution is 5.81. The number of ether oxygens (including phenoxy) is 1. The SMILES string of the molecule is Cc1cc(=O)c(O)c([C@@H](CC(=O)N2CCOCC2)c2cc3ccccc3n(C)c2=O)o1. The maximum atomic E-state index is 13.3. The quantitative estimate of drug-likeness (QED) is 0.686. The molecule has 0 unspecified atom stereocenters. The summed E-state index contributed by atoms with van der Waals surface area (Å²) in [6.07, 6.45) is -0.118. The molecule has 0 spiro atoms. The second-order valence-electron chi connectivity index (χ2n) is 7.71. The number of hydrogen-bond donors (Lipinski definition) is 1. The van der Waals surface area contributed by atoms with Crippen molar-refractivity contribution in [3.63, 3.8) is 0 Å². The molecule has 0 bridgehead atoms. The summed E-state index contributed by atoms with van der Waals surface area (Å²) in [4.78, 5) is 40.2. The standard InChI is InChI=1S/C23H24N2O6/c1-14-11-19(26)21(28)22(31-14)16(13-20(27)25-7-9-30-10-8-25)17-12-15-5-3-4-6-18(15)24(2)23(17)29/h3-6,11-12,16,28H,7-10,13H2,1-2H3/t16-/m0/s1. The highest BCUT2D eigenvalue weighted by Gasteiger charge is 2.31. The number of carbonyl (C=O) groups is 1. The molecule has 8 heteroatoms. The predicted molar refractivity (Wildman–Crippen MR) is 114 cm³/mol. The number of benzene rings is 1. The van der Waals surface area contributed by atoms with E-state index in [2.05, 4.69) is 0 Å². The third-order valence-electron chi connectivity index (χ3n) is 5.67. The van der Waals surface area contributed by atoms with E-state index in [0.717, 1.165) is 10.9 Å². The molecule has 3 heterocycles. The zero-order valence-electron chi connectivity index (χ0n) is 17.5. The fourth-order valence-corrected chi connectivity index (χ4v) is 4.02. The van der Waals surface area contributed by atoms with Crippen LogP contribution in [0.3, 0.4) is 0 Å². The number of aromatic hydroxyl groups is 1. The first-order chi connectivity index (χ1) is 14.9. The molecule has 162 valence electrons. The fraction of sp³-hybridized carbons (Fsp3) is 0.348. The topological polar surface area (TPSA) is 102 Å². The average Bonchev–Trinajstić information content (AvgIpc) is 2.78. The van der Waals surface area contributed by atoms with Crippen LogP contribution >= 0.6 is 0 Å². The van der Waals surface area contributed by atoms with Gasteiger partial charge in [-0.3, -0.25) is 14.4 Å². The van der Waals surface area contributed by atoms with Gasteiger partial charge in [-0.15, -0.1) is 0 Å². The number of aryl methyl sites for hydroxylation is 2. The van der Waals surface area contributed by atoms with E-state index >= 15 is 0 Å². The van der Waals surface area contributed by atoms with Gasteiger partial charge in [0, 0.05) is 38.2 Å². The van der Waals surface area contributed by atoms with Crippen LogP contribution in [-0.4, -0.2) is 46.8 Å². The Balaban J connectivity index is 1.88. The van der Waals surface area contributed by atoms with Crippen LogP contribution < -0.4 is 11.0 Å². The van der Waals surface area contributed by atoms with Crippen LogP contribution in [0.4, 0.5) is 0 Å². The van der Waals surface area contributed by atoms with Gasteiger partial charge < -0.3 is 23.7 Å². The van der Waals surface area contributed by atoms with Gasteiger partial charge in [-0.2, -0.15) is 0 Å². The second-order valence-corrected chi connectivity index (χ2v) is 7.71. The number of para-hydroxylation sites is 1. The minimum Gasteiger partial charge on any atom is -0.502 e. The number of rotatable bonds is 4. The van der Waals surface area contributed by atoms with E-state index in [-0.39, 0.29) is 29.2 Å². The summed E-state index contributed by atoms with van der Waals surface area (Å²) in [7, 11) is 1.65. The van der Waals surface area contributed by atoms with Crippen LogP contribution in [0.25, 0.3) is 10.9 Å². The Kier molecular flexibility index (Phi) is 5.65. The number of fused-ring (bicyclic) bond motifs is 1. The van der Waals surface area contributed by atoms with Gasteiger partial charge in [0.15, 0.2) is 5.76 Å². The summed E-state index contributed by atoms with van der Waals surface area (Å²) in [5.41, 5.74) is 0.0958. The van der Waals surface area contributed by atoms with Crippen LogP contribution in [0, 0.1) is 6.92 Å². The molecule has 31 heavy (non-hydrogen) atoms.